The van der Waals surface area contributed by atoms with Crippen LogP contribution in [0.15, 0.2) is 127 Å². The lowest BCUT2D eigenvalue weighted by Crippen LogP contribution is -2.38. The van der Waals surface area contributed by atoms with Crippen molar-refractivity contribution in [2.45, 2.75) is 55.4 Å². The van der Waals surface area contributed by atoms with Crippen LogP contribution >= 0.6 is 8.53 Å². The van der Waals surface area contributed by atoms with Crippen molar-refractivity contribution in [1.82, 2.24) is 29.1 Å². The molecule has 0 radical (unpaired) electrons. The fraction of sp³-hybridized carbons (Fsp3) is 0.333. The van der Waals surface area contributed by atoms with Gasteiger partial charge in [-0.25, -0.2) is 24.6 Å². The maximum Gasteiger partial charge on any atom is 0.260 e. The zero-order valence-corrected chi connectivity index (χ0v) is 34.5. The third-order valence-electron chi connectivity index (χ3n) is 11.3. The molecule has 13 nitrogen and oxygen atoms in total. The van der Waals surface area contributed by atoms with Gasteiger partial charge in [0.1, 0.15) is 41.9 Å². The Morgan fingerprint density at radius 2 is 1.51 bits per heavy atom. The van der Waals surface area contributed by atoms with Gasteiger partial charge in [0.25, 0.3) is 8.53 Å². The summed E-state index contributed by atoms with van der Waals surface area (Å²) in [7, 11) is 5.76. The molecule has 0 bridgehead atoms. The summed E-state index contributed by atoms with van der Waals surface area (Å²) in [5.74, 6) is 1.98. The largest absolute Gasteiger partial charge is 0.497 e. The van der Waals surface area contributed by atoms with Crippen molar-refractivity contribution in [3.8, 4) is 11.5 Å². The van der Waals surface area contributed by atoms with Gasteiger partial charge in [-0.1, -0.05) is 84.9 Å². The first-order valence-corrected chi connectivity index (χ1v) is 21.1. The Balaban J connectivity index is 1.09. The first-order chi connectivity index (χ1) is 28.9. The number of nitrogens with zero attached hydrogens (tertiary/aromatic N) is 7. The van der Waals surface area contributed by atoms with E-state index in [1.54, 1.807) is 26.9 Å². The number of aromatic nitrogens is 4. The Bertz CT molecular complexity index is 2300. The number of hydrogen-bond acceptors (Lipinski definition) is 11. The summed E-state index contributed by atoms with van der Waals surface area (Å²) >= 11 is 0. The highest BCUT2D eigenvalue weighted by atomic mass is 31.2. The second-order valence-electron chi connectivity index (χ2n) is 15.1. The molecule has 2 aromatic heterocycles. The van der Waals surface area contributed by atoms with Crippen molar-refractivity contribution in [3.05, 3.63) is 144 Å². The molecule has 6 atom stereocenters. The van der Waals surface area contributed by atoms with E-state index in [-0.39, 0.29) is 18.8 Å². The average Bonchev–Trinajstić information content (AvgIpc) is 4.09. The van der Waals surface area contributed by atoms with Gasteiger partial charge in [-0.2, -0.15) is 0 Å². The van der Waals surface area contributed by atoms with Crippen LogP contribution in [0, 0.1) is 0 Å². The number of methoxy groups -OCH3 is 2. The van der Waals surface area contributed by atoms with Gasteiger partial charge >= 0.3 is 0 Å². The molecule has 9 rings (SSSR count). The summed E-state index contributed by atoms with van der Waals surface area (Å²) in [6.07, 6.45) is 6.19. The standard InChI is InChI=1S/C45H48N7O6P/c1-50(2)29-49-43-41-44(47-28-46-43)51(30-48-41)40-26-38(57-59-52-25-11-16-37(52)42(58-59)31-12-7-5-8-13-31)39(56-40)27-55-45(32-14-9-6-10-15-32,33-17-21-35(53-3)22-18-33)34-19-23-36(54-4)24-20-34/h5-10,12-15,17-24,28-30,37-40,42H,11,16,25-27H2,1-4H3/b49-29+/t37-,38+,39-,40-,42+,59?/m1/s1. The van der Waals surface area contributed by atoms with Crippen molar-refractivity contribution < 1.29 is 28.0 Å². The molecule has 0 N–H and O–H groups in total. The van der Waals surface area contributed by atoms with Crippen molar-refractivity contribution in [2.24, 2.45) is 4.99 Å². The van der Waals surface area contributed by atoms with Crippen LogP contribution < -0.4 is 9.47 Å². The molecule has 0 saturated carbocycles. The molecular weight excluding hydrogens is 766 g/mol. The Kier molecular flexibility index (Phi) is 11.4. The maximum atomic E-state index is 7.41. The summed E-state index contributed by atoms with van der Waals surface area (Å²) in [6.45, 7) is 1.10. The van der Waals surface area contributed by atoms with E-state index in [2.05, 4.69) is 80.3 Å². The normalized spacial score (nSPS) is 23.3. The zero-order chi connectivity index (χ0) is 40.3. The monoisotopic (exact) mass is 813 g/mol. The Morgan fingerprint density at radius 3 is 2.17 bits per heavy atom. The predicted octanol–water partition coefficient (Wildman–Crippen LogP) is 8.21. The fourth-order valence-corrected chi connectivity index (χ4v) is 10.4. The zero-order valence-electron chi connectivity index (χ0n) is 33.6. The molecule has 3 saturated heterocycles. The van der Waals surface area contributed by atoms with Crippen molar-refractivity contribution >= 4 is 31.8 Å². The van der Waals surface area contributed by atoms with E-state index < -0.39 is 32.6 Å². The van der Waals surface area contributed by atoms with Crippen LogP contribution in [0.5, 0.6) is 11.5 Å². The minimum atomic E-state index is -1.40. The highest BCUT2D eigenvalue weighted by molar-refractivity contribution is 7.45. The fourth-order valence-electron chi connectivity index (χ4n) is 8.37. The lowest BCUT2D eigenvalue weighted by atomic mass is 9.80. The second kappa shape index (κ2) is 17.1. The second-order valence-corrected chi connectivity index (χ2v) is 16.5. The lowest BCUT2D eigenvalue weighted by molar-refractivity contribution is -0.0906. The number of ether oxygens (including phenoxy) is 4. The van der Waals surface area contributed by atoms with E-state index in [1.165, 1.54) is 11.9 Å². The van der Waals surface area contributed by atoms with Crippen LogP contribution in [0.4, 0.5) is 5.82 Å². The Morgan fingerprint density at radius 1 is 0.847 bits per heavy atom. The van der Waals surface area contributed by atoms with Gasteiger partial charge in [0.2, 0.25) is 0 Å². The molecule has 5 heterocycles. The van der Waals surface area contributed by atoms with Crippen LogP contribution in [0.2, 0.25) is 0 Å². The number of rotatable bonds is 14. The van der Waals surface area contributed by atoms with Crippen molar-refractivity contribution in [1.29, 1.82) is 0 Å². The molecule has 0 spiro atoms. The van der Waals surface area contributed by atoms with Crippen LogP contribution in [0.3, 0.4) is 0 Å². The van der Waals surface area contributed by atoms with E-state index in [9.17, 15) is 0 Å². The van der Waals surface area contributed by atoms with Crippen molar-refractivity contribution in [3.63, 3.8) is 0 Å². The van der Waals surface area contributed by atoms with E-state index in [4.69, 9.17) is 33.0 Å². The summed E-state index contributed by atoms with van der Waals surface area (Å²) in [6, 6.07) is 37.1. The Hall–Kier alpha value is -5.27. The number of imidazole rings is 1. The third-order valence-corrected chi connectivity index (χ3v) is 13.0. The van der Waals surface area contributed by atoms with Crippen LogP contribution in [-0.2, 0) is 24.1 Å². The molecule has 0 aliphatic carbocycles. The summed E-state index contributed by atoms with van der Waals surface area (Å²) in [5.41, 5.74) is 4.15. The van der Waals surface area contributed by atoms with Gasteiger partial charge in [-0.05, 0) is 59.4 Å². The lowest BCUT2D eigenvalue weighted by Gasteiger charge is -2.37. The van der Waals surface area contributed by atoms with Gasteiger partial charge < -0.3 is 32.9 Å². The molecule has 14 heteroatoms. The summed E-state index contributed by atoms with van der Waals surface area (Å²) in [4.78, 5) is 20.2. The minimum absolute atomic E-state index is 0.0658. The maximum absolute atomic E-state index is 7.41. The van der Waals surface area contributed by atoms with E-state index in [1.807, 2.05) is 72.1 Å². The first kappa shape index (κ1) is 39.2. The molecular formula is C45H48N7O6P. The SMILES string of the molecule is COc1ccc(C(OC[C@H]2O[C@@H](n3cnc4c(/N=C/N(C)C)ncnc43)C[C@@H]2OP2O[C@@H](c3ccccc3)[C@H]3CCCN32)(c2ccccc2)c2ccc(OC)cc2)cc1. The van der Waals surface area contributed by atoms with Crippen LogP contribution in [0.1, 0.15) is 53.8 Å². The summed E-state index contributed by atoms with van der Waals surface area (Å²) in [5, 5.41) is 0. The van der Waals surface area contributed by atoms with Gasteiger partial charge in [-0.15, -0.1) is 0 Å². The van der Waals surface area contributed by atoms with Gasteiger partial charge in [0.05, 0.1) is 39.6 Å². The molecule has 4 aromatic carbocycles. The molecule has 3 fully saturated rings. The third kappa shape index (κ3) is 7.70. The van der Waals surface area contributed by atoms with E-state index in [0.29, 0.717) is 23.4 Å². The van der Waals surface area contributed by atoms with Gasteiger partial charge in [-0.3, -0.25) is 4.57 Å². The molecule has 304 valence electrons. The van der Waals surface area contributed by atoms with Gasteiger partial charge in [0.15, 0.2) is 17.0 Å². The minimum Gasteiger partial charge on any atom is -0.497 e. The van der Waals surface area contributed by atoms with Gasteiger partial charge in [0, 0.05) is 33.1 Å². The number of fused-ring (bicyclic) bond motifs is 2. The topological polar surface area (TPSA) is 118 Å². The number of hydrogen-bond donors (Lipinski definition) is 0. The van der Waals surface area contributed by atoms with E-state index >= 15 is 0 Å². The molecule has 6 aromatic rings. The van der Waals surface area contributed by atoms with Crippen LogP contribution in [-0.4, -0.2) is 95.1 Å². The molecule has 3 aliphatic heterocycles. The molecule has 3 aliphatic rings. The Labute approximate surface area is 345 Å². The highest BCUT2D eigenvalue weighted by Crippen LogP contribution is 2.62. The van der Waals surface area contributed by atoms with Crippen LogP contribution in [0.25, 0.3) is 11.2 Å². The first-order valence-electron chi connectivity index (χ1n) is 19.9. The number of benzene rings is 4. The van der Waals surface area contributed by atoms with E-state index in [0.717, 1.165) is 47.6 Å². The predicted molar refractivity (Wildman–Crippen MR) is 226 cm³/mol. The summed E-state index contributed by atoms with van der Waals surface area (Å²) < 4.78 is 44.0. The molecule has 0 amide bonds. The number of aliphatic imine (C=N–C) groups is 1. The van der Waals surface area contributed by atoms with Crippen molar-refractivity contribution in [2.75, 3.05) is 41.5 Å². The highest BCUT2D eigenvalue weighted by Gasteiger charge is 2.51. The smallest absolute Gasteiger partial charge is 0.260 e. The quantitative estimate of drug-likeness (QED) is 0.0459. The average molecular weight is 814 g/mol. The molecule has 59 heavy (non-hydrogen) atoms. The molecule has 1 unspecified atom stereocenters.